The van der Waals surface area contributed by atoms with Crippen LogP contribution in [0.2, 0.25) is 0 Å². The van der Waals surface area contributed by atoms with Crippen molar-refractivity contribution in [3.8, 4) is 0 Å². The Labute approximate surface area is 105 Å². The Morgan fingerprint density at radius 3 is 2.69 bits per heavy atom. The molecule has 1 saturated carbocycles. The van der Waals surface area contributed by atoms with E-state index in [0.717, 1.165) is 25.0 Å². The lowest BCUT2D eigenvalue weighted by Gasteiger charge is -2.17. The summed E-state index contributed by atoms with van der Waals surface area (Å²) in [5.41, 5.74) is 0. The van der Waals surface area contributed by atoms with E-state index in [1.165, 1.54) is 30.8 Å². The van der Waals surface area contributed by atoms with Crippen LogP contribution in [0, 0.1) is 11.8 Å². The molecule has 0 aromatic rings. The Kier molecular flexibility index (Phi) is 7.50. The molecule has 0 spiro atoms. The van der Waals surface area contributed by atoms with Gasteiger partial charge in [-0.05, 0) is 49.1 Å². The fraction of sp³-hybridized carbons (Fsp3) is 1.00. The summed E-state index contributed by atoms with van der Waals surface area (Å²) >= 11 is 2.08. The second kappa shape index (κ2) is 8.37. The Bertz CT molecular complexity index is 171. The summed E-state index contributed by atoms with van der Waals surface area (Å²) in [6.45, 7) is 6.60. The van der Waals surface area contributed by atoms with Gasteiger partial charge >= 0.3 is 0 Å². The molecule has 0 radical (unpaired) electrons. The van der Waals surface area contributed by atoms with Crippen LogP contribution < -0.4 is 5.32 Å². The molecule has 1 N–H and O–H groups in total. The second-order valence-electron chi connectivity index (χ2n) is 5.18. The average Bonchev–Trinajstić information content (AvgIpc) is 3.04. The van der Waals surface area contributed by atoms with Gasteiger partial charge in [-0.3, -0.25) is 0 Å². The van der Waals surface area contributed by atoms with Gasteiger partial charge < -0.3 is 10.1 Å². The molecule has 1 aliphatic rings. The maximum Gasteiger partial charge on any atom is 0.0618 e. The lowest BCUT2D eigenvalue weighted by Crippen LogP contribution is -2.36. The summed E-state index contributed by atoms with van der Waals surface area (Å²) in [4.78, 5) is 0. The van der Waals surface area contributed by atoms with Crippen molar-refractivity contribution in [1.82, 2.24) is 5.32 Å². The van der Waals surface area contributed by atoms with Crippen molar-refractivity contribution in [1.29, 1.82) is 0 Å². The molecule has 0 bridgehead atoms. The third kappa shape index (κ3) is 6.77. The number of nitrogens with one attached hydrogen (secondary N) is 1. The third-order valence-electron chi connectivity index (χ3n) is 2.86. The zero-order valence-electron chi connectivity index (χ0n) is 11.0. The number of hydrogen-bond donors (Lipinski definition) is 1. The van der Waals surface area contributed by atoms with Gasteiger partial charge in [0.25, 0.3) is 0 Å². The van der Waals surface area contributed by atoms with Gasteiger partial charge in [-0.25, -0.2) is 0 Å². The zero-order chi connectivity index (χ0) is 11.8. The lowest BCUT2D eigenvalue weighted by atomic mass is 10.2. The van der Waals surface area contributed by atoms with Crippen molar-refractivity contribution in [3.05, 3.63) is 0 Å². The van der Waals surface area contributed by atoms with Gasteiger partial charge in [-0.2, -0.15) is 11.8 Å². The van der Waals surface area contributed by atoms with Crippen molar-refractivity contribution in [2.45, 2.75) is 39.2 Å². The Morgan fingerprint density at radius 2 is 2.12 bits per heavy atom. The highest BCUT2D eigenvalue weighted by Crippen LogP contribution is 2.32. The first-order chi connectivity index (χ1) is 7.74. The smallest absolute Gasteiger partial charge is 0.0618 e. The maximum atomic E-state index is 5.25. The summed E-state index contributed by atoms with van der Waals surface area (Å²) in [5, 5.41) is 3.63. The quantitative estimate of drug-likeness (QED) is 0.598. The molecule has 1 rings (SSSR count). The lowest BCUT2D eigenvalue weighted by molar-refractivity contribution is 0.158. The van der Waals surface area contributed by atoms with E-state index >= 15 is 0 Å². The molecule has 0 aromatic carbocycles. The van der Waals surface area contributed by atoms with E-state index in [2.05, 4.69) is 30.9 Å². The first-order valence-electron chi connectivity index (χ1n) is 6.54. The first-order valence-corrected chi connectivity index (χ1v) is 7.69. The van der Waals surface area contributed by atoms with E-state index in [0.29, 0.717) is 6.04 Å². The van der Waals surface area contributed by atoms with Crippen molar-refractivity contribution >= 4 is 11.8 Å². The van der Waals surface area contributed by atoms with Crippen LogP contribution in [0.1, 0.15) is 33.1 Å². The molecule has 16 heavy (non-hydrogen) atoms. The number of methoxy groups -OCH3 is 1. The predicted octanol–water partition coefficient (Wildman–Crippen LogP) is 2.78. The van der Waals surface area contributed by atoms with Crippen LogP contribution in [-0.4, -0.2) is 37.8 Å². The largest absolute Gasteiger partial charge is 0.383 e. The van der Waals surface area contributed by atoms with Crippen molar-refractivity contribution in [2.24, 2.45) is 11.8 Å². The minimum absolute atomic E-state index is 0.611. The van der Waals surface area contributed by atoms with E-state index in [1.807, 2.05) is 0 Å². The fourth-order valence-corrected chi connectivity index (χ4v) is 2.81. The van der Waals surface area contributed by atoms with Gasteiger partial charge in [0, 0.05) is 13.2 Å². The van der Waals surface area contributed by atoms with Gasteiger partial charge in [0.1, 0.15) is 0 Å². The summed E-state index contributed by atoms with van der Waals surface area (Å²) in [7, 11) is 1.80. The Morgan fingerprint density at radius 1 is 1.38 bits per heavy atom. The second-order valence-corrected chi connectivity index (χ2v) is 6.33. The van der Waals surface area contributed by atoms with E-state index < -0.39 is 0 Å². The van der Waals surface area contributed by atoms with Crippen LogP contribution in [-0.2, 0) is 4.74 Å². The molecule has 0 heterocycles. The van der Waals surface area contributed by atoms with Gasteiger partial charge in [0.2, 0.25) is 0 Å². The SMILES string of the molecule is COCC(NCCCSCC(C)C)C1CC1. The zero-order valence-corrected chi connectivity index (χ0v) is 11.8. The summed E-state index contributed by atoms with van der Waals surface area (Å²) < 4.78 is 5.25. The standard InChI is InChI=1S/C13H27NOS/c1-11(2)10-16-8-4-7-14-13(9-15-3)12-5-6-12/h11-14H,4-10H2,1-3H3. The topological polar surface area (TPSA) is 21.3 Å². The molecular weight excluding hydrogens is 218 g/mol. The molecule has 1 atom stereocenters. The molecule has 3 heteroatoms. The van der Waals surface area contributed by atoms with Crippen molar-refractivity contribution in [3.63, 3.8) is 0 Å². The molecule has 96 valence electrons. The summed E-state index contributed by atoms with van der Waals surface area (Å²) in [6, 6.07) is 0.611. The summed E-state index contributed by atoms with van der Waals surface area (Å²) in [6.07, 6.45) is 4.07. The van der Waals surface area contributed by atoms with E-state index in [1.54, 1.807) is 7.11 Å². The monoisotopic (exact) mass is 245 g/mol. The highest BCUT2D eigenvalue weighted by molar-refractivity contribution is 7.99. The molecule has 1 unspecified atom stereocenters. The maximum absolute atomic E-state index is 5.25. The average molecular weight is 245 g/mol. The number of ether oxygens (including phenoxy) is 1. The van der Waals surface area contributed by atoms with Crippen molar-refractivity contribution in [2.75, 3.05) is 31.8 Å². The van der Waals surface area contributed by atoms with Crippen LogP contribution in [0.5, 0.6) is 0 Å². The third-order valence-corrected chi connectivity index (χ3v) is 4.34. The van der Waals surface area contributed by atoms with E-state index in [4.69, 9.17) is 4.74 Å². The predicted molar refractivity (Wildman–Crippen MR) is 73.2 cm³/mol. The fourth-order valence-electron chi connectivity index (χ4n) is 1.82. The van der Waals surface area contributed by atoms with Gasteiger partial charge in [-0.15, -0.1) is 0 Å². The highest BCUT2D eigenvalue weighted by atomic mass is 32.2. The van der Waals surface area contributed by atoms with Gasteiger partial charge in [0.15, 0.2) is 0 Å². The molecule has 0 amide bonds. The van der Waals surface area contributed by atoms with E-state index in [-0.39, 0.29) is 0 Å². The van der Waals surface area contributed by atoms with E-state index in [9.17, 15) is 0 Å². The molecule has 0 aromatic heterocycles. The number of rotatable bonds is 10. The van der Waals surface area contributed by atoms with Gasteiger partial charge in [0.05, 0.1) is 6.61 Å². The van der Waals surface area contributed by atoms with Crippen LogP contribution in [0.15, 0.2) is 0 Å². The van der Waals surface area contributed by atoms with Crippen LogP contribution >= 0.6 is 11.8 Å². The number of hydrogen-bond acceptors (Lipinski definition) is 3. The highest BCUT2D eigenvalue weighted by Gasteiger charge is 2.30. The molecule has 0 saturated heterocycles. The Balaban J connectivity index is 1.92. The molecule has 0 aliphatic heterocycles. The van der Waals surface area contributed by atoms with Crippen LogP contribution in [0.4, 0.5) is 0 Å². The molecular formula is C13H27NOS. The molecule has 1 aliphatic carbocycles. The van der Waals surface area contributed by atoms with Crippen molar-refractivity contribution < 1.29 is 4.74 Å². The first kappa shape index (κ1) is 14.3. The minimum Gasteiger partial charge on any atom is -0.383 e. The summed E-state index contributed by atoms with van der Waals surface area (Å²) in [5.74, 6) is 4.30. The number of thioether (sulfide) groups is 1. The van der Waals surface area contributed by atoms with Crippen LogP contribution in [0.25, 0.3) is 0 Å². The van der Waals surface area contributed by atoms with Crippen LogP contribution in [0.3, 0.4) is 0 Å². The minimum atomic E-state index is 0.611. The van der Waals surface area contributed by atoms with Gasteiger partial charge in [-0.1, -0.05) is 13.8 Å². The molecule has 1 fully saturated rings. The normalized spacial score (nSPS) is 18.0. The Hall–Kier alpha value is 0.270. The molecule has 2 nitrogen and oxygen atoms in total.